The molecule has 3 rings (SSSR count). The van der Waals surface area contributed by atoms with Crippen LogP contribution in [-0.4, -0.2) is 44.7 Å². The third-order valence-electron chi connectivity index (χ3n) is 5.02. The fourth-order valence-electron chi connectivity index (χ4n) is 3.49. The molecule has 2 atom stereocenters. The van der Waals surface area contributed by atoms with Gasteiger partial charge >= 0.3 is 0 Å². The zero-order valence-corrected chi connectivity index (χ0v) is 17.1. The molecular weight excluding hydrogens is 400 g/mol. The summed E-state index contributed by atoms with van der Waals surface area (Å²) < 4.78 is 63.0. The number of pyridine rings is 1. The Morgan fingerprint density at radius 2 is 2.03 bits per heavy atom. The molecule has 0 spiro atoms. The highest BCUT2D eigenvalue weighted by atomic mass is 32.2. The van der Waals surface area contributed by atoms with E-state index in [1.807, 2.05) is 6.92 Å². The van der Waals surface area contributed by atoms with E-state index in [9.17, 15) is 17.2 Å². The third-order valence-corrected chi connectivity index (χ3v) is 6.99. The Morgan fingerprint density at radius 1 is 1.21 bits per heavy atom. The van der Waals surface area contributed by atoms with Gasteiger partial charge in [-0.3, -0.25) is 4.98 Å². The van der Waals surface area contributed by atoms with Crippen molar-refractivity contribution in [2.75, 3.05) is 31.3 Å². The molecule has 1 aliphatic rings. The minimum Gasteiger partial charge on any atom is -0.490 e. The SMILES string of the molecule is CCCS(=O)(=O)C[C@H]1CCOC[C@@H]1COc1ccc(-c2ccc(F)cn2)cc1F. The number of hydrogen-bond acceptors (Lipinski definition) is 5. The quantitative estimate of drug-likeness (QED) is 0.642. The average molecular weight is 425 g/mol. The van der Waals surface area contributed by atoms with Gasteiger partial charge in [0, 0.05) is 23.8 Å². The molecular formula is C21H25F2NO4S. The molecule has 0 saturated carbocycles. The summed E-state index contributed by atoms with van der Waals surface area (Å²) in [4.78, 5) is 3.94. The van der Waals surface area contributed by atoms with Crippen LogP contribution in [0.4, 0.5) is 8.78 Å². The van der Waals surface area contributed by atoms with Crippen molar-refractivity contribution in [3.05, 3.63) is 48.2 Å². The number of rotatable bonds is 8. The first-order chi connectivity index (χ1) is 13.9. The van der Waals surface area contributed by atoms with E-state index >= 15 is 0 Å². The van der Waals surface area contributed by atoms with Gasteiger partial charge in [0.25, 0.3) is 0 Å². The van der Waals surface area contributed by atoms with Gasteiger partial charge < -0.3 is 9.47 Å². The second kappa shape index (κ2) is 9.63. The molecule has 0 aliphatic carbocycles. The van der Waals surface area contributed by atoms with Crippen molar-refractivity contribution in [3.8, 4) is 17.0 Å². The highest BCUT2D eigenvalue weighted by Crippen LogP contribution is 2.28. The molecule has 8 heteroatoms. The van der Waals surface area contributed by atoms with Crippen LogP contribution >= 0.6 is 0 Å². The van der Waals surface area contributed by atoms with E-state index in [4.69, 9.17) is 9.47 Å². The summed E-state index contributed by atoms with van der Waals surface area (Å²) >= 11 is 0. The molecule has 1 fully saturated rings. The Kier molecular flexibility index (Phi) is 7.18. The maximum atomic E-state index is 14.5. The first kappa shape index (κ1) is 21.6. The summed E-state index contributed by atoms with van der Waals surface area (Å²) in [5.74, 6) is -0.836. The van der Waals surface area contributed by atoms with Gasteiger partial charge in [0.1, 0.15) is 5.82 Å². The van der Waals surface area contributed by atoms with E-state index in [-0.39, 0.29) is 35.7 Å². The number of hydrogen-bond donors (Lipinski definition) is 0. The number of ether oxygens (including phenoxy) is 2. The van der Waals surface area contributed by atoms with Gasteiger partial charge in [-0.2, -0.15) is 0 Å². The van der Waals surface area contributed by atoms with Crippen LogP contribution < -0.4 is 4.74 Å². The van der Waals surface area contributed by atoms with Crippen molar-refractivity contribution in [2.24, 2.45) is 11.8 Å². The molecule has 0 N–H and O–H groups in total. The van der Waals surface area contributed by atoms with Crippen molar-refractivity contribution in [2.45, 2.75) is 19.8 Å². The molecule has 1 aromatic carbocycles. The lowest BCUT2D eigenvalue weighted by molar-refractivity contribution is 0.00392. The van der Waals surface area contributed by atoms with E-state index < -0.39 is 21.5 Å². The second-order valence-electron chi connectivity index (χ2n) is 7.32. The highest BCUT2D eigenvalue weighted by molar-refractivity contribution is 7.91. The van der Waals surface area contributed by atoms with Crippen LogP contribution in [0, 0.1) is 23.5 Å². The Balaban J connectivity index is 1.65. The Bertz CT molecular complexity index is 919. The fraction of sp³-hybridized carbons (Fsp3) is 0.476. The molecule has 29 heavy (non-hydrogen) atoms. The number of sulfone groups is 1. The molecule has 0 radical (unpaired) electrons. The van der Waals surface area contributed by atoms with Gasteiger partial charge in [0.2, 0.25) is 0 Å². The summed E-state index contributed by atoms with van der Waals surface area (Å²) in [6, 6.07) is 7.18. The summed E-state index contributed by atoms with van der Waals surface area (Å²) in [7, 11) is -3.11. The van der Waals surface area contributed by atoms with Gasteiger partial charge in [0.15, 0.2) is 21.4 Å². The number of halogens is 2. The van der Waals surface area contributed by atoms with Crippen LogP contribution in [0.25, 0.3) is 11.3 Å². The minimum absolute atomic E-state index is 0.0638. The van der Waals surface area contributed by atoms with Crippen molar-refractivity contribution < 1.29 is 26.7 Å². The first-order valence-electron chi connectivity index (χ1n) is 9.70. The van der Waals surface area contributed by atoms with Crippen LogP contribution in [0.5, 0.6) is 5.75 Å². The summed E-state index contributed by atoms with van der Waals surface area (Å²) in [6.07, 6.45) is 2.31. The maximum absolute atomic E-state index is 14.5. The molecule has 1 aromatic heterocycles. The zero-order chi connectivity index (χ0) is 20.9. The Morgan fingerprint density at radius 3 is 2.72 bits per heavy atom. The maximum Gasteiger partial charge on any atom is 0.165 e. The van der Waals surface area contributed by atoms with Crippen LogP contribution in [0.15, 0.2) is 36.5 Å². The van der Waals surface area contributed by atoms with Crippen LogP contribution in [0.3, 0.4) is 0 Å². The number of benzene rings is 1. The predicted molar refractivity (Wildman–Crippen MR) is 106 cm³/mol. The lowest BCUT2D eigenvalue weighted by Gasteiger charge is -2.31. The highest BCUT2D eigenvalue weighted by Gasteiger charge is 2.30. The third kappa shape index (κ3) is 5.96. The molecule has 158 valence electrons. The van der Waals surface area contributed by atoms with E-state index in [0.29, 0.717) is 37.3 Å². The van der Waals surface area contributed by atoms with E-state index in [2.05, 4.69) is 4.98 Å². The van der Waals surface area contributed by atoms with E-state index in [1.54, 1.807) is 6.07 Å². The fourth-order valence-corrected chi connectivity index (χ4v) is 5.37. The molecule has 0 unspecified atom stereocenters. The molecule has 5 nitrogen and oxygen atoms in total. The number of nitrogens with zero attached hydrogens (tertiary/aromatic N) is 1. The van der Waals surface area contributed by atoms with E-state index in [0.717, 1.165) is 6.20 Å². The molecule has 2 aromatic rings. The first-order valence-corrected chi connectivity index (χ1v) is 11.5. The van der Waals surface area contributed by atoms with Gasteiger partial charge in [-0.25, -0.2) is 17.2 Å². The lowest BCUT2D eigenvalue weighted by Crippen LogP contribution is -2.36. The minimum atomic E-state index is -3.11. The average Bonchev–Trinajstić information content (AvgIpc) is 2.68. The van der Waals surface area contributed by atoms with Gasteiger partial charge in [-0.1, -0.05) is 6.92 Å². The molecule has 0 amide bonds. The van der Waals surface area contributed by atoms with Crippen LogP contribution in [0.1, 0.15) is 19.8 Å². The summed E-state index contributed by atoms with van der Waals surface area (Å²) in [5, 5.41) is 0. The smallest absolute Gasteiger partial charge is 0.165 e. The summed E-state index contributed by atoms with van der Waals surface area (Å²) in [5.41, 5.74) is 0.970. The van der Waals surface area contributed by atoms with Gasteiger partial charge in [0.05, 0.1) is 30.9 Å². The summed E-state index contributed by atoms with van der Waals surface area (Å²) in [6.45, 7) is 2.94. The number of aromatic nitrogens is 1. The lowest BCUT2D eigenvalue weighted by atomic mass is 9.91. The zero-order valence-electron chi connectivity index (χ0n) is 16.3. The Labute approximate surface area is 170 Å². The van der Waals surface area contributed by atoms with Crippen molar-refractivity contribution in [1.29, 1.82) is 0 Å². The van der Waals surface area contributed by atoms with Crippen molar-refractivity contribution >= 4 is 9.84 Å². The topological polar surface area (TPSA) is 65.5 Å². The van der Waals surface area contributed by atoms with Crippen LogP contribution in [-0.2, 0) is 14.6 Å². The normalized spacial score (nSPS) is 19.8. The predicted octanol–water partition coefficient (Wildman–Crippen LogP) is 3.88. The van der Waals surface area contributed by atoms with Gasteiger partial charge in [-0.05, 0) is 49.1 Å². The molecule has 2 heterocycles. The standard InChI is InChI=1S/C21H25F2NO4S/c1-2-9-29(25,26)14-16-7-8-27-12-17(16)13-28-21-6-3-15(10-19(21)23)20-5-4-18(22)11-24-20/h3-6,10-11,16-17H,2,7-9,12-14H2,1H3/t16-,17-/m1/s1. The molecule has 1 aliphatic heterocycles. The second-order valence-corrected chi connectivity index (χ2v) is 9.54. The molecule has 0 bridgehead atoms. The molecule has 1 saturated heterocycles. The largest absolute Gasteiger partial charge is 0.490 e. The van der Waals surface area contributed by atoms with Gasteiger partial charge in [-0.15, -0.1) is 0 Å². The Hall–Kier alpha value is -2.06. The van der Waals surface area contributed by atoms with Crippen LogP contribution in [0.2, 0.25) is 0 Å². The van der Waals surface area contributed by atoms with Crippen molar-refractivity contribution in [1.82, 2.24) is 4.98 Å². The monoisotopic (exact) mass is 425 g/mol. The van der Waals surface area contributed by atoms with E-state index in [1.165, 1.54) is 24.3 Å². The van der Waals surface area contributed by atoms with Crippen molar-refractivity contribution in [3.63, 3.8) is 0 Å².